The molecular weight excluding hydrogens is 344 g/mol. The number of Topliss-reactive ketones (excluding diaryl/α,β-unsaturated/α-hetero) is 1. The molecule has 1 aromatic heterocycles. The first-order valence-electron chi connectivity index (χ1n) is 9.10. The molecule has 0 aliphatic heterocycles. The van der Waals surface area contributed by atoms with Crippen LogP contribution in [0.4, 0.5) is 0 Å². The van der Waals surface area contributed by atoms with Gasteiger partial charge in [0.2, 0.25) is 5.91 Å². The second kappa shape index (κ2) is 10.2. The lowest BCUT2D eigenvalue weighted by Crippen LogP contribution is -2.34. The zero-order valence-corrected chi connectivity index (χ0v) is 16.6. The Kier molecular flexibility index (Phi) is 8.01. The third-order valence-electron chi connectivity index (χ3n) is 4.49. The van der Waals surface area contributed by atoms with Gasteiger partial charge in [-0.1, -0.05) is 37.3 Å². The average Bonchev–Trinajstić information content (AvgIpc) is 3.17. The molecule has 0 aliphatic rings. The Morgan fingerprint density at radius 2 is 1.85 bits per heavy atom. The molecule has 4 nitrogen and oxygen atoms in total. The molecule has 5 heteroatoms. The summed E-state index contributed by atoms with van der Waals surface area (Å²) in [5, 5.41) is 4.91. The van der Waals surface area contributed by atoms with E-state index in [-0.39, 0.29) is 17.7 Å². The number of nitrogens with zero attached hydrogens (tertiary/aromatic N) is 1. The minimum Gasteiger partial charge on any atom is -0.354 e. The number of benzene rings is 1. The van der Waals surface area contributed by atoms with Crippen LogP contribution in [0.1, 0.15) is 53.0 Å². The van der Waals surface area contributed by atoms with Gasteiger partial charge in [-0.15, -0.1) is 11.3 Å². The molecule has 1 aromatic carbocycles. The number of thiophene rings is 1. The normalized spacial score (nSPS) is 12.2. The highest BCUT2D eigenvalue weighted by Gasteiger charge is 2.15. The summed E-state index contributed by atoms with van der Waals surface area (Å²) in [6.45, 7) is 2.71. The van der Waals surface area contributed by atoms with Gasteiger partial charge in [0, 0.05) is 19.4 Å². The number of likely N-dealkylation sites (N-methyl/N-ethyl adjacent to an activating group) is 1. The smallest absolute Gasteiger partial charge is 0.220 e. The summed E-state index contributed by atoms with van der Waals surface area (Å²) in [6, 6.07) is 12.4. The number of amides is 1. The lowest BCUT2D eigenvalue weighted by molar-refractivity contribution is -0.121. The van der Waals surface area contributed by atoms with Crippen molar-refractivity contribution in [2.45, 2.75) is 38.6 Å². The first-order chi connectivity index (χ1) is 12.5. The third kappa shape index (κ3) is 6.07. The minimum atomic E-state index is 0.000933. The van der Waals surface area contributed by atoms with E-state index in [1.54, 1.807) is 0 Å². The van der Waals surface area contributed by atoms with Crippen LogP contribution in [0.25, 0.3) is 0 Å². The van der Waals surface area contributed by atoms with Crippen LogP contribution in [0.5, 0.6) is 0 Å². The monoisotopic (exact) mass is 372 g/mol. The SMILES string of the molecule is CCc1ccc(C(CNC(=O)CCCC(=O)c2cccs2)N(C)C)cc1. The second-order valence-corrected chi connectivity index (χ2v) is 7.58. The average molecular weight is 373 g/mol. The Morgan fingerprint density at radius 1 is 1.12 bits per heavy atom. The molecule has 1 heterocycles. The van der Waals surface area contributed by atoms with Gasteiger partial charge >= 0.3 is 0 Å². The molecule has 1 amide bonds. The Bertz CT molecular complexity index is 693. The van der Waals surface area contributed by atoms with Gasteiger partial charge in [0.15, 0.2) is 5.78 Å². The maximum atomic E-state index is 12.1. The number of carbonyl (C=O) groups is 2. The highest BCUT2D eigenvalue weighted by Crippen LogP contribution is 2.18. The zero-order valence-electron chi connectivity index (χ0n) is 15.8. The standard InChI is InChI=1S/C21H28N2O2S/c1-4-16-10-12-17(13-11-16)18(23(2)3)15-22-21(25)9-5-7-19(24)20-8-6-14-26-20/h6,8,10-14,18H,4-5,7,9,15H2,1-3H3,(H,22,25). The summed E-state index contributed by atoms with van der Waals surface area (Å²) in [4.78, 5) is 27.0. The topological polar surface area (TPSA) is 49.4 Å². The lowest BCUT2D eigenvalue weighted by Gasteiger charge is -2.25. The largest absolute Gasteiger partial charge is 0.354 e. The molecule has 2 aromatic rings. The molecule has 0 saturated heterocycles. The Labute approximate surface area is 160 Å². The van der Waals surface area contributed by atoms with Crippen LogP contribution in [0.15, 0.2) is 41.8 Å². The molecule has 0 fully saturated rings. The van der Waals surface area contributed by atoms with E-state index >= 15 is 0 Å². The third-order valence-corrected chi connectivity index (χ3v) is 5.40. The van der Waals surface area contributed by atoms with Crippen molar-refractivity contribution >= 4 is 23.0 Å². The lowest BCUT2D eigenvalue weighted by atomic mass is 10.0. The highest BCUT2D eigenvalue weighted by atomic mass is 32.1. The molecule has 0 aliphatic carbocycles. The van der Waals surface area contributed by atoms with Crippen molar-refractivity contribution in [3.05, 3.63) is 57.8 Å². The Hall–Kier alpha value is -1.98. The Balaban J connectivity index is 1.78. The summed E-state index contributed by atoms with van der Waals surface area (Å²) in [7, 11) is 4.04. The van der Waals surface area contributed by atoms with Gasteiger partial charge in [-0.25, -0.2) is 0 Å². The maximum Gasteiger partial charge on any atom is 0.220 e. The number of rotatable bonds is 10. The first kappa shape index (κ1) is 20.3. The van der Waals surface area contributed by atoms with E-state index in [2.05, 4.69) is 41.4 Å². The van der Waals surface area contributed by atoms with Gasteiger partial charge in [-0.3, -0.25) is 9.59 Å². The highest BCUT2D eigenvalue weighted by molar-refractivity contribution is 7.12. The van der Waals surface area contributed by atoms with Gasteiger partial charge in [-0.2, -0.15) is 0 Å². The summed E-state index contributed by atoms with van der Waals surface area (Å²) < 4.78 is 0. The Morgan fingerprint density at radius 3 is 2.42 bits per heavy atom. The number of hydrogen-bond acceptors (Lipinski definition) is 4. The van der Waals surface area contributed by atoms with Crippen molar-refractivity contribution in [3.63, 3.8) is 0 Å². The van der Waals surface area contributed by atoms with E-state index < -0.39 is 0 Å². The summed E-state index contributed by atoms with van der Waals surface area (Å²) >= 11 is 1.45. The van der Waals surface area contributed by atoms with Crippen molar-refractivity contribution in [1.29, 1.82) is 0 Å². The summed E-state index contributed by atoms with van der Waals surface area (Å²) in [5.74, 6) is 0.121. The van der Waals surface area contributed by atoms with E-state index in [1.165, 1.54) is 22.5 Å². The molecule has 140 valence electrons. The van der Waals surface area contributed by atoms with Crippen LogP contribution in [-0.4, -0.2) is 37.2 Å². The van der Waals surface area contributed by atoms with Gasteiger partial charge in [0.25, 0.3) is 0 Å². The molecule has 26 heavy (non-hydrogen) atoms. The fraction of sp³-hybridized carbons (Fsp3) is 0.429. The van der Waals surface area contributed by atoms with Crippen LogP contribution < -0.4 is 5.32 Å². The number of aryl methyl sites for hydroxylation is 1. The van der Waals surface area contributed by atoms with Gasteiger partial charge in [0.05, 0.1) is 10.9 Å². The van der Waals surface area contributed by atoms with Gasteiger partial charge in [-0.05, 0) is 49.5 Å². The van der Waals surface area contributed by atoms with Crippen molar-refractivity contribution in [2.75, 3.05) is 20.6 Å². The van der Waals surface area contributed by atoms with Crippen molar-refractivity contribution in [2.24, 2.45) is 0 Å². The number of nitrogens with one attached hydrogen (secondary N) is 1. The maximum absolute atomic E-state index is 12.1. The molecule has 0 radical (unpaired) electrons. The first-order valence-corrected chi connectivity index (χ1v) is 9.98. The van der Waals surface area contributed by atoms with Crippen molar-refractivity contribution in [1.82, 2.24) is 10.2 Å². The fourth-order valence-corrected chi connectivity index (χ4v) is 3.54. The predicted molar refractivity (Wildman–Crippen MR) is 108 cm³/mol. The quantitative estimate of drug-likeness (QED) is 0.639. The van der Waals surface area contributed by atoms with E-state index in [0.29, 0.717) is 25.8 Å². The predicted octanol–water partition coefficient (Wildman–Crippen LogP) is 4.08. The van der Waals surface area contributed by atoms with Crippen LogP contribution in [0, 0.1) is 0 Å². The summed E-state index contributed by atoms with van der Waals surface area (Å²) in [5.41, 5.74) is 2.51. The molecule has 1 N–H and O–H groups in total. The summed E-state index contributed by atoms with van der Waals surface area (Å²) in [6.07, 6.45) is 2.41. The van der Waals surface area contributed by atoms with E-state index in [9.17, 15) is 9.59 Å². The fourth-order valence-electron chi connectivity index (χ4n) is 2.84. The number of carbonyl (C=O) groups excluding carboxylic acids is 2. The number of hydrogen-bond donors (Lipinski definition) is 1. The molecule has 0 spiro atoms. The van der Waals surface area contributed by atoms with Gasteiger partial charge in [0.1, 0.15) is 0 Å². The minimum absolute atomic E-state index is 0.000933. The molecule has 1 unspecified atom stereocenters. The van der Waals surface area contributed by atoms with Crippen LogP contribution in [0.3, 0.4) is 0 Å². The van der Waals surface area contributed by atoms with Crippen molar-refractivity contribution in [3.8, 4) is 0 Å². The molecule has 0 bridgehead atoms. The molecule has 0 saturated carbocycles. The zero-order chi connectivity index (χ0) is 18.9. The molecule has 2 rings (SSSR count). The van der Waals surface area contributed by atoms with Gasteiger partial charge < -0.3 is 10.2 Å². The van der Waals surface area contributed by atoms with Crippen LogP contribution in [0.2, 0.25) is 0 Å². The van der Waals surface area contributed by atoms with E-state index in [0.717, 1.165) is 11.3 Å². The molecular formula is C21H28N2O2S. The van der Waals surface area contributed by atoms with E-state index in [4.69, 9.17) is 0 Å². The second-order valence-electron chi connectivity index (χ2n) is 6.63. The molecule has 1 atom stereocenters. The number of ketones is 1. The van der Waals surface area contributed by atoms with Crippen LogP contribution in [-0.2, 0) is 11.2 Å². The van der Waals surface area contributed by atoms with Crippen molar-refractivity contribution < 1.29 is 9.59 Å². The van der Waals surface area contributed by atoms with E-state index in [1.807, 2.05) is 31.6 Å². The van der Waals surface area contributed by atoms with Crippen LogP contribution >= 0.6 is 11.3 Å².